The zero-order chi connectivity index (χ0) is 11.5. The zero-order valence-corrected chi connectivity index (χ0v) is 9.03. The largest absolute Gasteiger partial charge is 0.392 e. The molecule has 1 atom stereocenters. The van der Waals surface area contributed by atoms with Gasteiger partial charge in [0.05, 0.1) is 17.2 Å². The number of amides is 1. The molecule has 2 aromatic rings. The van der Waals surface area contributed by atoms with Crippen LogP contribution >= 0.6 is 0 Å². The number of hydrogen-bond acceptors (Lipinski definition) is 2. The van der Waals surface area contributed by atoms with Gasteiger partial charge in [0.1, 0.15) is 0 Å². The zero-order valence-electron chi connectivity index (χ0n) is 9.03. The van der Waals surface area contributed by atoms with Crippen LogP contribution < -0.4 is 5.32 Å². The van der Waals surface area contributed by atoms with E-state index in [-0.39, 0.29) is 12.5 Å². The van der Waals surface area contributed by atoms with Crippen molar-refractivity contribution in [2.75, 3.05) is 6.54 Å². The fraction of sp³-hybridized carbons (Fsp3) is 0.250. The topological polar surface area (TPSA) is 65.1 Å². The van der Waals surface area contributed by atoms with Crippen LogP contribution in [0.25, 0.3) is 10.9 Å². The molecule has 0 aliphatic carbocycles. The molecule has 0 bridgehead atoms. The van der Waals surface area contributed by atoms with E-state index in [2.05, 4.69) is 10.3 Å². The van der Waals surface area contributed by atoms with E-state index in [1.165, 1.54) is 0 Å². The van der Waals surface area contributed by atoms with Gasteiger partial charge in [-0.1, -0.05) is 12.1 Å². The summed E-state index contributed by atoms with van der Waals surface area (Å²) in [5, 5.41) is 12.8. The molecular formula is C12H14N2O2. The van der Waals surface area contributed by atoms with E-state index >= 15 is 0 Å². The van der Waals surface area contributed by atoms with E-state index in [1.54, 1.807) is 19.2 Å². The van der Waals surface area contributed by atoms with Gasteiger partial charge >= 0.3 is 0 Å². The molecule has 3 N–H and O–H groups in total. The minimum Gasteiger partial charge on any atom is -0.392 e. The van der Waals surface area contributed by atoms with Crippen LogP contribution in [0.3, 0.4) is 0 Å². The standard InChI is InChI=1S/C12H14N2O2/c1-8(15)7-14-12(16)10-4-2-3-9-5-6-13-11(9)10/h2-6,8,13,15H,7H2,1H3,(H,14,16). The lowest BCUT2D eigenvalue weighted by molar-refractivity contribution is 0.0925. The fourth-order valence-electron chi connectivity index (χ4n) is 1.61. The van der Waals surface area contributed by atoms with Gasteiger partial charge in [-0.25, -0.2) is 0 Å². The third-order valence-electron chi connectivity index (χ3n) is 2.39. The Morgan fingerprint density at radius 3 is 3.06 bits per heavy atom. The Morgan fingerprint density at radius 2 is 2.31 bits per heavy atom. The number of hydrogen-bond donors (Lipinski definition) is 3. The summed E-state index contributed by atoms with van der Waals surface area (Å²) in [5.41, 5.74) is 1.42. The highest BCUT2D eigenvalue weighted by Gasteiger charge is 2.10. The number of benzene rings is 1. The summed E-state index contributed by atoms with van der Waals surface area (Å²) in [5.74, 6) is -0.172. The Labute approximate surface area is 93.3 Å². The molecule has 0 aliphatic rings. The molecule has 16 heavy (non-hydrogen) atoms. The number of para-hydroxylation sites is 1. The molecule has 0 radical (unpaired) electrons. The summed E-state index contributed by atoms with van der Waals surface area (Å²) in [6, 6.07) is 7.46. The fourth-order valence-corrected chi connectivity index (χ4v) is 1.61. The van der Waals surface area contributed by atoms with Crippen molar-refractivity contribution >= 4 is 16.8 Å². The van der Waals surface area contributed by atoms with E-state index in [9.17, 15) is 4.79 Å². The van der Waals surface area contributed by atoms with Crippen molar-refractivity contribution < 1.29 is 9.90 Å². The first kappa shape index (κ1) is 10.7. The molecule has 2 rings (SSSR count). The summed E-state index contributed by atoms with van der Waals surface area (Å²) in [6.45, 7) is 1.89. The number of aliphatic hydroxyl groups excluding tert-OH is 1. The van der Waals surface area contributed by atoms with Crippen LogP contribution in [0, 0.1) is 0 Å². The summed E-state index contributed by atoms with van der Waals surface area (Å²) in [6.07, 6.45) is 1.27. The van der Waals surface area contributed by atoms with Gasteiger partial charge in [0.2, 0.25) is 0 Å². The lowest BCUT2D eigenvalue weighted by Crippen LogP contribution is -2.30. The second-order valence-corrected chi connectivity index (χ2v) is 3.81. The molecule has 1 heterocycles. The number of carbonyl (C=O) groups excluding carboxylic acids is 1. The van der Waals surface area contributed by atoms with Gasteiger partial charge in [-0.2, -0.15) is 0 Å². The van der Waals surface area contributed by atoms with Crippen molar-refractivity contribution in [2.24, 2.45) is 0 Å². The summed E-state index contributed by atoms with van der Waals surface area (Å²) < 4.78 is 0. The highest BCUT2D eigenvalue weighted by atomic mass is 16.3. The van der Waals surface area contributed by atoms with Crippen molar-refractivity contribution in [2.45, 2.75) is 13.0 Å². The second-order valence-electron chi connectivity index (χ2n) is 3.81. The molecule has 1 aromatic heterocycles. The Kier molecular flexibility index (Phi) is 2.92. The normalized spacial score (nSPS) is 12.6. The quantitative estimate of drug-likeness (QED) is 0.726. The van der Waals surface area contributed by atoms with Crippen LogP contribution in [0.15, 0.2) is 30.5 Å². The molecule has 0 aliphatic heterocycles. The van der Waals surface area contributed by atoms with Crippen LogP contribution in [-0.4, -0.2) is 28.6 Å². The number of aliphatic hydroxyl groups is 1. The van der Waals surface area contributed by atoms with Crippen molar-refractivity contribution in [1.82, 2.24) is 10.3 Å². The van der Waals surface area contributed by atoms with Crippen molar-refractivity contribution in [1.29, 1.82) is 0 Å². The molecule has 0 spiro atoms. The first-order valence-corrected chi connectivity index (χ1v) is 5.21. The minimum atomic E-state index is -0.535. The molecule has 84 valence electrons. The molecule has 1 aromatic carbocycles. The van der Waals surface area contributed by atoms with Crippen LogP contribution in [0.1, 0.15) is 17.3 Å². The molecule has 4 heteroatoms. The van der Waals surface area contributed by atoms with Crippen molar-refractivity contribution in [3.63, 3.8) is 0 Å². The highest BCUT2D eigenvalue weighted by molar-refractivity contribution is 6.05. The number of nitrogens with one attached hydrogen (secondary N) is 2. The number of aromatic amines is 1. The molecule has 1 unspecified atom stereocenters. The molecule has 4 nitrogen and oxygen atoms in total. The van der Waals surface area contributed by atoms with Gasteiger partial charge in [0, 0.05) is 18.1 Å². The predicted molar refractivity (Wildman–Crippen MR) is 62.3 cm³/mol. The Morgan fingerprint density at radius 1 is 1.50 bits per heavy atom. The highest BCUT2D eigenvalue weighted by Crippen LogP contribution is 2.16. The first-order chi connectivity index (χ1) is 7.68. The number of H-pyrrole nitrogens is 1. The SMILES string of the molecule is CC(O)CNC(=O)c1cccc2cc[nH]c12. The monoisotopic (exact) mass is 218 g/mol. The van der Waals surface area contributed by atoms with Crippen LogP contribution in [0.4, 0.5) is 0 Å². The molecule has 1 amide bonds. The lowest BCUT2D eigenvalue weighted by Gasteiger charge is -2.07. The summed E-state index contributed by atoms with van der Waals surface area (Å²) in [4.78, 5) is 14.9. The van der Waals surface area contributed by atoms with Crippen LogP contribution in [-0.2, 0) is 0 Å². The summed E-state index contributed by atoms with van der Waals surface area (Å²) in [7, 11) is 0. The Hall–Kier alpha value is -1.81. The maximum absolute atomic E-state index is 11.8. The van der Waals surface area contributed by atoms with Crippen molar-refractivity contribution in [3.05, 3.63) is 36.0 Å². The minimum absolute atomic E-state index is 0.172. The molecule has 0 saturated carbocycles. The van der Waals surface area contributed by atoms with Crippen molar-refractivity contribution in [3.8, 4) is 0 Å². The average molecular weight is 218 g/mol. The summed E-state index contributed by atoms with van der Waals surface area (Å²) >= 11 is 0. The van der Waals surface area contributed by atoms with Gasteiger partial charge in [-0.15, -0.1) is 0 Å². The number of fused-ring (bicyclic) bond motifs is 1. The third-order valence-corrected chi connectivity index (χ3v) is 2.39. The van der Waals surface area contributed by atoms with Gasteiger partial charge < -0.3 is 15.4 Å². The van der Waals surface area contributed by atoms with E-state index in [0.717, 1.165) is 10.9 Å². The van der Waals surface area contributed by atoms with Gasteiger partial charge in [-0.3, -0.25) is 4.79 Å². The van der Waals surface area contributed by atoms with E-state index in [1.807, 2.05) is 18.2 Å². The maximum Gasteiger partial charge on any atom is 0.253 e. The number of carbonyl (C=O) groups is 1. The number of rotatable bonds is 3. The first-order valence-electron chi connectivity index (χ1n) is 5.21. The predicted octanol–water partition coefficient (Wildman–Crippen LogP) is 1.28. The maximum atomic E-state index is 11.8. The smallest absolute Gasteiger partial charge is 0.253 e. The van der Waals surface area contributed by atoms with Crippen LogP contribution in [0.2, 0.25) is 0 Å². The Balaban J connectivity index is 2.25. The number of aromatic nitrogens is 1. The van der Waals surface area contributed by atoms with Gasteiger partial charge in [-0.05, 0) is 19.1 Å². The van der Waals surface area contributed by atoms with E-state index in [0.29, 0.717) is 5.56 Å². The van der Waals surface area contributed by atoms with Gasteiger partial charge in [0.25, 0.3) is 5.91 Å². The third kappa shape index (κ3) is 2.06. The molecular weight excluding hydrogens is 204 g/mol. The molecule has 0 fully saturated rings. The Bertz CT molecular complexity index is 502. The van der Waals surface area contributed by atoms with Gasteiger partial charge in [0.15, 0.2) is 0 Å². The van der Waals surface area contributed by atoms with E-state index in [4.69, 9.17) is 5.11 Å². The second kappa shape index (κ2) is 4.37. The average Bonchev–Trinajstić information content (AvgIpc) is 2.73. The van der Waals surface area contributed by atoms with E-state index < -0.39 is 6.10 Å². The van der Waals surface area contributed by atoms with Crippen LogP contribution in [0.5, 0.6) is 0 Å². The lowest BCUT2D eigenvalue weighted by atomic mass is 10.1. The molecule has 0 saturated heterocycles.